The molecule has 1 heterocycles. The van der Waals surface area contributed by atoms with Crippen LogP contribution in [0.15, 0.2) is 29.2 Å². The molecule has 1 aromatic rings. The Bertz CT molecular complexity index is 806. The lowest BCUT2D eigenvalue weighted by Crippen LogP contribution is -2.44. The van der Waals surface area contributed by atoms with Crippen LogP contribution in [0.5, 0.6) is 0 Å². The minimum Gasteiger partial charge on any atom is -0.343 e. The molecule has 0 spiro atoms. The van der Waals surface area contributed by atoms with Crippen LogP contribution in [-0.4, -0.2) is 62.3 Å². The predicted molar refractivity (Wildman–Crippen MR) is 106 cm³/mol. The Morgan fingerprint density at radius 2 is 1.61 bits per heavy atom. The van der Waals surface area contributed by atoms with Gasteiger partial charge in [-0.2, -0.15) is 0 Å². The Hall–Kier alpha value is -1.93. The van der Waals surface area contributed by atoms with E-state index in [4.69, 9.17) is 0 Å². The van der Waals surface area contributed by atoms with Crippen LogP contribution < -0.4 is 4.72 Å². The lowest BCUT2D eigenvalue weighted by molar-refractivity contribution is -0.136. The van der Waals surface area contributed by atoms with Gasteiger partial charge in [0.25, 0.3) is 5.91 Å². The second kappa shape index (κ2) is 8.61. The van der Waals surface area contributed by atoms with Crippen molar-refractivity contribution in [3.63, 3.8) is 0 Å². The highest BCUT2D eigenvalue weighted by Gasteiger charge is 2.30. The first-order valence-electron chi connectivity index (χ1n) is 10.1. The molecule has 1 aliphatic carbocycles. The van der Waals surface area contributed by atoms with E-state index >= 15 is 0 Å². The van der Waals surface area contributed by atoms with E-state index in [1.807, 2.05) is 18.7 Å². The molecule has 3 rings (SSSR count). The number of nitrogens with zero attached hydrogens (tertiary/aromatic N) is 2. The second-order valence-corrected chi connectivity index (χ2v) is 9.21. The third-order valence-electron chi connectivity index (χ3n) is 5.52. The first kappa shape index (κ1) is 20.8. The largest absolute Gasteiger partial charge is 0.343 e. The number of amides is 2. The van der Waals surface area contributed by atoms with E-state index in [0.717, 1.165) is 12.8 Å². The van der Waals surface area contributed by atoms with E-state index in [-0.39, 0.29) is 28.7 Å². The van der Waals surface area contributed by atoms with Gasteiger partial charge in [0.15, 0.2) is 0 Å². The maximum Gasteiger partial charge on any atom is 0.253 e. The highest BCUT2D eigenvalue weighted by Crippen LogP contribution is 2.24. The van der Waals surface area contributed by atoms with Gasteiger partial charge in [-0.1, -0.05) is 0 Å². The summed E-state index contributed by atoms with van der Waals surface area (Å²) in [6, 6.07) is 6.14. The third kappa shape index (κ3) is 4.72. The molecule has 0 atom stereocenters. The highest BCUT2D eigenvalue weighted by atomic mass is 32.2. The fraction of sp³-hybridized carbons (Fsp3) is 0.600. The summed E-state index contributed by atoms with van der Waals surface area (Å²) in [5.74, 6) is 0.0348. The summed E-state index contributed by atoms with van der Waals surface area (Å²) in [4.78, 5) is 29.0. The molecule has 0 bridgehead atoms. The van der Waals surface area contributed by atoms with Crippen LogP contribution in [0.3, 0.4) is 0 Å². The number of rotatable bonds is 7. The molecule has 7 nitrogen and oxygen atoms in total. The SMILES string of the molecule is CCN(CC)C(=O)C1CCN(C(=O)c2ccc(S(=O)(=O)NC3CC3)cc2)CC1. The van der Waals surface area contributed by atoms with Crippen molar-refractivity contribution in [1.29, 1.82) is 0 Å². The minimum atomic E-state index is -3.51. The molecule has 0 unspecified atom stereocenters. The summed E-state index contributed by atoms with van der Waals surface area (Å²) < 4.78 is 27.1. The number of hydrogen-bond donors (Lipinski definition) is 1. The van der Waals surface area contributed by atoms with E-state index < -0.39 is 10.0 Å². The number of likely N-dealkylation sites (tertiary alicyclic amines) is 1. The Balaban J connectivity index is 1.58. The second-order valence-electron chi connectivity index (χ2n) is 7.50. The summed E-state index contributed by atoms with van der Waals surface area (Å²) in [5, 5.41) is 0. The lowest BCUT2D eigenvalue weighted by atomic mass is 9.94. The quantitative estimate of drug-likeness (QED) is 0.747. The van der Waals surface area contributed by atoms with Crippen LogP contribution in [-0.2, 0) is 14.8 Å². The Labute approximate surface area is 167 Å². The zero-order valence-electron chi connectivity index (χ0n) is 16.6. The van der Waals surface area contributed by atoms with Crippen molar-refractivity contribution in [3.05, 3.63) is 29.8 Å². The molecule has 1 saturated carbocycles. The number of benzene rings is 1. The van der Waals surface area contributed by atoms with Crippen molar-refractivity contribution in [2.75, 3.05) is 26.2 Å². The summed E-state index contributed by atoms with van der Waals surface area (Å²) in [6.07, 6.45) is 3.09. The topological polar surface area (TPSA) is 86.8 Å². The van der Waals surface area contributed by atoms with Gasteiger partial charge >= 0.3 is 0 Å². The average Bonchev–Trinajstić information content (AvgIpc) is 3.52. The summed E-state index contributed by atoms with van der Waals surface area (Å²) in [6.45, 7) is 6.45. The first-order valence-corrected chi connectivity index (χ1v) is 11.5. The fourth-order valence-electron chi connectivity index (χ4n) is 3.57. The third-order valence-corrected chi connectivity index (χ3v) is 7.05. The van der Waals surface area contributed by atoms with Crippen molar-refractivity contribution < 1.29 is 18.0 Å². The molecular weight excluding hydrogens is 378 g/mol. The van der Waals surface area contributed by atoms with Gasteiger partial charge in [-0.3, -0.25) is 9.59 Å². The van der Waals surface area contributed by atoms with Crippen molar-refractivity contribution >= 4 is 21.8 Å². The molecule has 1 aliphatic heterocycles. The molecule has 1 saturated heterocycles. The van der Waals surface area contributed by atoms with Gasteiger partial charge in [0.2, 0.25) is 15.9 Å². The minimum absolute atomic E-state index is 0.0232. The normalized spacial score (nSPS) is 18.1. The highest BCUT2D eigenvalue weighted by molar-refractivity contribution is 7.89. The smallest absolute Gasteiger partial charge is 0.253 e. The van der Waals surface area contributed by atoms with Gasteiger partial charge in [-0.15, -0.1) is 0 Å². The predicted octanol–water partition coefficient (Wildman–Crippen LogP) is 1.85. The van der Waals surface area contributed by atoms with Gasteiger partial charge in [0, 0.05) is 43.7 Å². The zero-order chi connectivity index (χ0) is 20.3. The van der Waals surface area contributed by atoms with Crippen LogP contribution >= 0.6 is 0 Å². The van der Waals surface area contributed by atoms with Gasteiger partial charge in [0.1, 0.15) is 0 Å². The van der Waals surface area contributed by atoms with Crippen molar-refractivity contribution in [3.8, 4) is 0 Å². The number of sulfonamides is 1. The molecule has 28 heavy (non-hydrogen) atoms. The Kier molecular flexibility index (Phi) is 6.40. The molecule has 0 aromatic heterocycles. The molecule has 2 aliphatic rings. The van der Waals surface area contributed by atoms with E-state index in [9.17, 15) is 18.0 Å². The maximum atomic E-state index is 12.7. The molecule has 1 aromatic carbocycles. The van der Waals surface area contributed by atoms with Crippen molar-refractivity contribution in [2.24, 2.45) is 5.92 Å². The molecule has 2 amide bonds. The number of carbonyl (C=O) groups is 2. The fourth-order valence-corrected chi connectivity index (χ4v) is 4.88. The molecule has 2 fully saturated rings. The van der Waals surface area contributed by atoms with Crippen molar-refractivity contribution in [1.82, 2.24) is 14.5 Å². The van der Waals surface area contributed by atoms with Gasteiger partial charge in [0.05, 0.1) is 4.90 Å². The molecule has 1 N–H and O–H groups in total. The summed E-state index contributed by atoms with van der Waals surface area (Å²) >= 11 is 0. The van der Waals surface area contributed by atoms with Gasteiger partial charge in [-0.05, 0) is 63.8 Å². The van der Waals surface area contributed by atoms with Crippen LogP contribution in [0.2, 0.25) is 0 Å². The monoisotopic (exact) mass is 407 g/mol. The van der Waals surface area contributed by atoms with E-state index in [1.165, 1.54) is 12.1 Å². The Morgan fingerprint density at radius 1 is 1.04 bits per heavy atom. The Morgan fingerprint density at radius 3 is 2.11 bits per heavy atom. The van der Waals surface area contributed by atoms with Crippen molar-refractivity contribution in [2.45, 2.75) is 50.5 Å². The number of carbonyl (C=O) groups excluding carboxylic acids is 2. The lowest BCUT2D eigenvalue weighted by Gasteiger charge is -2.33. The summed E-state index contributed by atoms with van der Waals surface area (Å²) in [5.41, 5.74) is 0.471. The van der Waals surface area contributed by atoms with E-state index in [0.29, 0.717) is 44.6 Å². The number of nitrogens with one attached hydrogen (secondary N) is 1. The van der Waals surface area contributed by atoms with Gasteiger partial charge < -0.3 is 9.80 Å². The summed E-state index contributed by atoms with van der Waals surface area (Å²) in [7, 11) is -3.51. The maximum absolute atomic E-state index is 12.7. The molecule has 154 valence electrons. The van der Waals surface area contributed by atoms with Crippen LogP contribution in [0.25, 0.3) is 0 Å². The van der Waals surface area contributed by atoms with Crippen LogP contribution in [0, 0.1) is 5.92 Å². The average molecular weight is 408 g/mol. The first-order chi connectivity index (χ1) is 13.4. The molecule has 8 heteroatoms. The van der Waals surface area contributed by atoms with E-state index in [2.05, 4.69) is 4.72 Å². The molecular formula is C20H29N3O4S. The number of hydrogen-bond acceptors (Lipinski definition) is 4. The van der Waals surface area contributed by atoms with Crippen LogP contribution in [0.1, 0.15) is 49.9 Å². The van der Waals surface area contributed by atoms with Crippen LogP contribution in [0.4, 0.5) is 0 Å². The standard InChI is InChI=1S/C20H29N3O4S/c1-3-22(4-2)19(24)16-11-13-23(14-12-16)20(25)15-5-9-18(10-6-15)28(26,27)21-17-7-8-17/h5-6,9-10,16-17,21H,3-4,7-8,11-14H2,1-2H3. The zero-order valence-corrected chi connectivity index (χ0v) is 17.4. The molecule has 0 radical (unpaired) electrons. The van der Waals surface area contributed by atoms with Gasteiger partial charge in [-0.25, -0.2) is 13.1 Å². The van der Waals surface area contributed by atoms with E-state index in [1.54, 1.807) is 17.0 Å². The number of piperidine rings is 1.